The zero-order chi connectivity index (χ0) is 8.81. The first-order valence-corrected chi connectivity index (χ1v) is 3.64. The third kappa shape index (κ3) is 2.27. The first-order valence-electron chi connectivity index (χ1n) is 3.64. The van der Waals surface area contributed by atoms with Crippen molar-refractivity contribution in [1.29, 1.82) is 0 Å². The summed E-state index contributed by atoms with van der Waals surface area (Å²) < 4.78 is 10.4. The molecule has 1 heterocycles. The van der Waals surface area contributed by atoms with Crippen LogP contribution in [0, 0.1) is 0 Å². The Morgan fingerprint density at radius 2 is 2.08 bits per heavy atom. The van der Waals surface area contributed by atoms with Gasteiger partial charge in [-0.2, -0.15) is 0 Å². The van der Waals surface area contributed by atoms with Gasteiger partial charge in [0.1, 0.15) is 13.2 Å². The highest BCUT2D eigenvalue weighted by molar-refractivity contribution is 5.70. The van der Waals surface area contributed by atoms with Crippen LogP contribution in [-0.4, -0.2) is 19.4 Å². The first kappa shape index (κ1) is 8.59. The SMILES string of the molecule is C=CC=N/C=C1/OCCOC1=C. The van der Waals surface area contributed by atoms with E-state index in [0.717, 1.165) is 0 Å². The predicted molar refractivity (Wildman–Crippen MR) is 47.8 cm³/mol. The largest absolute Gasteiger partial charge is 0.487 e. The Morgan fingerprint density at radius 1 is 1.33 bits per heavy atom. The molecule has 1 aliphatic heterocycles. The topological polar surface area (TPSA) is 30.8 Å². The van der Waals surface area contributed by atoms with Crippen LogP contribution in [0.25, 0.3) is 0 Å². The minimum Gasteiger partial charge on any atom is -0.487 e. The fourth-order valence-electron chi connectivity index (χ4n) is 0.749. The van der Waals surface area contributed by atoms with E-state index in [1.54, 1.807) is 18.5 Å². The van der Waals surface area contributed by atoms with Crippen molar-refractivity contribution >= 4 is 6.21 Å². The highest BCUT2D eigenvalue weighted by atomic mass is 16.6. The van der Waals surface area contributed by atoms with Gasteiger partial charge in [-0.05, 0) is 0 Å². The molecule has 64 valence electrons. The second kappa shape index (κ2) is 4.38. The number of ether oxygens (including phenoxy) is 2. The molecule has 1 saturated heterocycles. The average molecular weight is 165 g/mol. The van der Waals surface area contributed by atoms with Gasteiger partial charge >= 0.3 is 0 Å². The summed E-state index contributed by atoms with van der Waals surface area (Å²) in [5, 5.41) is 0. The minimum absolute atomic E-state index is 0.530. The van der Waals surface area contributed by atoms with E-state index < -0.39 is 0 Å². The van der Waals surface area contributed by atoms with Gasteiger partial charge in [0.15, 0.2) is 11.5 Å². The van der Waals surface area contributed by atoms with Crippen LogP contribution in [0.2, 0.25) is 0 Å². The molecule has 1 aliphatic rings. The van der Waals surface area contributed by atoms with Crippen molar-refractivity contribution in [3.8, 4) is 0 Å². The minimum atomic E-state index is 0.530. The van der Waals surface area contributed by atoms with E-state index in [2.05, 4.69) is 18.2 Å². The van der Waals surface area contributed by atoms with Gasteiger partial charge in [0.2, 0.25) is 0 Å². The van der Waals surface area contributed by atoms with Gasteiger partial charge in [-0.25, -0.2) is 0 Å². The zero-order valence-corrected chi connectivity index (χ0v) is 6.82. The van der Waals surface area contributed by atoms with Crippen LogP contribution < -0.4 is 0 Å². The summed E-state index contributed by atoms with van der Waals surface area (Å²) in [6.45, 7) is 8.26. The summed E-state index contributed by atoms with van der Waals surface area (Å²) >= 11 is 0. The maximum atomic E-state index is 5.23. The summed E-state index contributed by atoms with van der Waals surface area (Å²) in [6, 6.07) is 0. The van der Waals surface area contributed by atoms with Crippen LogP contribution in [0.5, 0.6) is 0 Å². The number of aliphatic imine (C=N–C) groups is 1. The summed E-state index contributed by atoms with van der Waals surface area (Å²) in [5.41, 5.74) is 0. The van der Waals surface area contributed by atoms with Crippen LogP contribution in [0.15, 0.2) is 41.9 Å². The quantitative estimate of drug-likeness (QED) is 0.582. The van der Waals surface area contributed by atoms with Crippen molar-refractivity contribution in [2.45, 2.75) is 0 Å². The lowest BCUT2D eigenvalue weighted by Gasteiger charge is -2.18. The van der Waals surface area contributed by atoms with Crippen LogP contribution in [0.4, 0.5) is 0 Å². The summed E-state index contributed by atoms with van der Waals surface area (Å²) in [5.74, 6) is 1.11. The van der Waals surface area contributed by atoms with Gasteiger partial charge in [-0.1, -0.05) is 19.2 Å². The van der Waals surface area contributed by atoms with Crippen LogP contribution in [-0.2, 0) is 9.47 Å². The van der Waals surface area contributed by atoms with Crippen molar-refractivity contribution in [3.05, 3.63) is 37.0 Å². The fraction of sp³-hybridized carbons (Fsp3) is 0.222. The van der Waals surface area contributed by atoms with E-state index in [-0.39, 0.29) is 0 Å². The molecule has 0 bridgehead atoms. The molecule has 3 nitrogen and oxygen atoms in total. The number of hydrogen-bond donors (Lipinski definition) is 0. The standard InChI is InChI=1S/C9H11NO2/c1-3-4-10-7-9-8(2)11-5-6-12-9/h3-4,7H,1-2,5-6H2/b9-7+,10-4?. The lowest BCUT2D eigenvalue weighted by Crippen LogP contribution is -2.12. The lowest BCUT2D eigenvalue weighted by molar-refractivity contribution is 0.0601. The molecule has 0 aromatic rings. The maximum absolute atomic E-state index is 5.23. The number of allylic oxidation sites excluding steroid dienone is 1. The van der Waals surface area contributed by atoms with E-state index in [1.807, 2.05) is 0 Å². The Kier molecular flexibility index (Phi) is 3.14. The van der Waals surface area contributed by atoms with E-state index in [9.17, 15) is 0 Å². The van der Waals surface area contributed by atoms with Gasteiger partial charge in [-0.3, -0.25) is 4.99 Å². The second-order valence-electron chi connectivity index (χ2n) is 2.15. The van der Waals surface area contributed by atoms with Gasteiger partial charge < -0.3 is 9.47 Å². The normalized spacial score (nSPS) is 20.7. The molecule has 0 unspecified atom stereocenters. The summed E-state index contributed by atoms with van der Waals surface area (Å²) in [7, 11) is 0. The number of rotatable bonds is 2. The third-order valence-corrected chi connectivity index (χ3v) is 1.28. The predicted octanol–water partition coefficient (Wildman–Crippen LogP) is 1.65. The van der Waals surface area contributed by atoms with Crippen LogP contribution >= 0.6 is 0 Å². The molecule has 0 radical (unpaired) electrons. The van der Waals surface area contributed by atoms with Crippen molar-refractivity contribution in [2.75, 3.05) is 13.2 Å². The molecule has 0 aliphatic carbocycles. The Morgan fingerprint density at radius 3 is 2.75 bits per heavy atom. The molecule has 0 spiro atoms. The Bertz CT molecular complexity index is 241. The summed E-state index contributed by atoms with van der Waals surface area (Å²) in [6.07, 6.45) is 4.71. The van der Waals surface area contributed by atoms with E-state index in [4.69, 9.17) is 9.47 Å². The molecule has 0 aromatic carbocycles. The van der Waals surface area contributed by atoms with E-state index in [0.29, 0.717) is 24.7 Å². The van der Waals surface area contributed by atoms with Gasteiger partial charge in [-0.15, -0.1) is 0 Å². The molecular weight excluding hydrogens is 154 g/mol. The highest BCUT2D eigenvalue weighted by Crippen LogP contribution is 2.15. The van der Waals surface area contributed by atoms with Gasteiger partial charge in [0, 0.05) is 6.21 Å². The van der Waals surface area contributed by atoms with Crippen LogP contribution in [0.1, 0.15) is 0 Å². The fourth-order valence-corrected chi connectivity index (χ4v) is 0.749. The molecular formula is C9H11NO2. The molecule has 0 aromatic heterocycles. The molecule has 1 rings (SSSR count). The van der Waals surface area contributed by atoms with Crippen molar-refractivity contribution < 1.29 is 9.47 Å². The number of nitrogens with zero attached hydrogens (tertiary/aromatic N) is 1. The third-order valence-electron chi connectivity index (χ3n) is 1.28. The number of hydrogen-bond acceptors (Lipinski definition) is 3. The van der Waals surface area contributed by atoms with E-state index in [1.165, 1.54) is 0 Å². The lowest BCUT2D eigenvalue weighted by atomic mass is 10.4. The smallest absolute Gasteiger partial charge is 0.178 e. The molecule has 0 atom stereocenters. The molecule has 0 amide bonds. The van der Waals surface area contributed by atoms with Crippen molar-refractivity contribution in [1.82, 2.24) is 0 Å². The van der Waals surface area contributed by atoms with Crippen molar-refractivity contribution in [2.24, 2.45) is 4.99 Å². The Labute approximate surface area is 71.7 Å². The highest BCUT2D eigenvalue weighted by Gasteiger charge is 2.10. The molecule has 3 heteroatoms. The van der Waals surface area contributed by atoms with Gasteiger partial charge in [0.25, 0.3) is 0 Å². The summed E-state index contributed by atoms with van der Waals surface area (Å²) in [4.78, 5) is 3.89. The molecule has 1 fully saturated rings. The Hall–Kier alpha value is -1.51. The monoisotopic (exact) mass is 165 g/mol. The maximum Gasteiger partial charge on any atom is 0.178 e. The molecule has 12 heavy (non-hydrogen) atoms. The van der Waals surface area contributed by atoms with Crippen molar-refractivity contribution in [3.63, 3.8) is 0 Å². The van der Waals surface area contributed by atoms with Crippen LogP contribution in [0.3, 0.4) is 0 Å². The first-order chi connectivity index (χ1) is 5.84. The second-order valence-corrected chi connectivity index (χ2v) is 2.15. The van der Waals surface area contributed by atoms with E-state index >= 15 is 0 Å². The zero-order valence-electron chi connectivity index (χ0n) is 6.82. The molecule has 0 saturated carbocycles. The Balaban J connectivity index is 2.58. The molecule has 0 N–H and O–H groups in total. The van der Waals surface area contributed by atoms with Gasteiger partial charge in [0.05, 0.1) is 6.20 Å². The average Bonchev–Trinajstić information content (AvgIpc) is 2.09.